The predicted molar refractivity (Wildman–Crippen MR) is 111 cm³/mol. The molecule has 2 aromatic carbocycles. The highest BCUT2D eigenvalue weighted by molar-refractivity contribution is 6.41. The highest BCUT2D eigenvalue weighted by atomic mass is 35.5. The van der Waals surface area contributed by atoms with Crippen LogP contribution in [0.15, 0.2) is 24.3 Å². The fourth-order valence-corrected chi connectivity index (χ4v) is 3.36. The lowest BCUT2D eigenvalue weighted by atomic mass is 10.0. The molecule has 0 N–H and O–H groups in total. The first kappa shape index (κ1) is 19.7. The fourth-order valence-electron chi connectivity index (χ4n) is 2.81. The number of hydrogen-bond acceptors (Lipinski definition) is 0. The number of unbranched alkanes of at least 4 members (excludes halogenated alkanes) is 6. The average molecular weight is 371 g/mol. The molecule has 0 bridgehead atoms. The first-order valence-electron chi connectivity index (χ1n) is 9.01. The summed E-state index contributed by atoms with van der Waals surface area (Å²) in [7, 11) is 0. The Morgan fingerprint density at radius 1 is 0.760 bits per heavy atom. The lowest BCUT2D eigenvalue weighted by molar-refractivity contribution is 0.614. The van der Waals surface area contributed by atoms with Crippen LogP contribution in [0.2, 0.25) is 10.0 Å². The molecule has 0 amide bonds. The third kappa shape index (κ3) is 5.44. The summed E-state index contributed by atoms with van der Waals surface area (Å²) in [4.78, 5) is 0. The van der Waals surface area contributed by atoms with Gasteiger partial charge in [-0.2, -0.15) is 0 Å². The molecule has 0 aliphatic heterocycles. The van der Waals surface area contributed by atoms with Crippen LogP contribution >= 0.6 is 23.2 Å². The Balaban J connectivity index is 2.08. The van der Waals surface area contributed by atoms with Crippen molar-refractivity contribution in [1.29, 1.82) is 0 Å². The number of fused-ring (bicyclic) bond motifs is 1. The molecule has 25 heavy (non-hydrogen) atoms. The van der Waals surface area contributed by atoms with Crippen LogP contribution in [0.25, 0.3) is 10.8 Å². The quantitative estimate of drug-likeness (QED) is 0.362. The van der Waals surface area contributed by atoms with Crippen molar-refractivity contribution in [1.82, 2.24) is 0 Å². The minimum atomic E-state index is 0.653. The van der Waals surface area contributed by atoms with E-state index in [1.165, 1.54) is 32.1 Å². The summed E-state index contributed by atoms with van der Waals surface area (Å²) in [5.74, 6) is 12.4. The van der Waals surface area contributed by atoms with Gasteiger partial charge < -0.3 is 0 Å². The molecule has 0 radical (unpaired) electrons. The van der Waals surface area contributed by atoms with Crippen LogP contribution in [0.3, 0.4) is 0 Å². The van der Waals surface area contributed by atoms with Gasteiger partial charge in [-0.05, 0) is 25.5 Å². The van der Waals surface area contributed by atoms with Gasteiger partial charge in [-0.15, -0.1) is 5.92 Å². The van der Waals surface area contributed by atoms with E-state index in [0.717, 1.165) is 34.7 Å². The van der Waals surface area contributed by atoms with E-state index in [2.05, 4.69) is 30.6 Å². The van der Waals surface area contributed by atoms with E-state index < -0.39 is 0 Å². The molecule has 2 rings (SSSR count). The van der Waals surface area contributed by atoms with Gasteiger partial charge in [0.2, 0.25) is 0 Å². The van der Waals surface area contributed by atoms with E-state index in [1.54, 1.807) is 6.92 Å². The van der Waals surface area contributed by atoms with Crippen molar-refractivity contribution in [2.24, 2.45) is 0 Å². The molecule has 130 valence electrons. The van der Waals surface area contributed by atoms with Crippen LogP contribution < -0.4 is 0 Å². The molecule has 0 aromatic heterocycles. The van der Waals surface area contributed by atoms with Crippen molar-refractivity contribution in [3.63, 3.8) is 0 Å². The third-order valence-electron chi connectivity index (χ3n) is 4.21. The Hall–Kier alpha value is -1.60. The van der Waals surface area contributed by atoms with Gasteiger partial charge in [-0.3, -0.25) is 0 Å². The zero-order valence-electron chi connectivity index (χ0n) is 15.0. The molecule has 0 fully saturated rings. The molecule has 0 spiro atoms. The van der Waals surface area contributed by atoms with Gasteiger partial charge in [0.05, 0.1) is 10.0 Å². The van der Waals surface area contributed by atoms with E-state index >= 15 is 0 Å². The minimum Gasteiger partial charge on any atom is -0.101 e. The van der Waals surface area contributed by atoms with Crippen molar-refractivity contribution in [2.45, 2.75) is 58.8 Å². The predicted octanol–water partition coefficient (Wildman–Crippen LogP) is 7.62. The maximum absolute atomic E-state index is 6.54. The summed E-state index contributed by atoms with van der Waals surface area (Å²) >= 11 is 13.0. The highest BCUT2D eigenvalue weighted by Crippen LogP contribution is 2.33. The summed E-state index contributed by atoms with van der Waals surface area (Å²) < 4.78 is 0. The summed E-state index contributed by atoms with van der Waals surface area (Å²) in [6, 6.07) is 7.83. The molecular formula is C23H24Cl2. The van der Waals surface area contributed by atoms with Crippen LogP contribution in [0.5, 0.6) is 0 Å². The van der Waals surface area contributed by atoms with Gasteiger partial charge in [0, 0.05) is 28.3 Å². The molecule has 0 saturated heterocycles. The maximum atomic E-state index is 6.54. The molecule has 0 saturated carbocycles. The summed E-state index contributed by atoms with van der Waals surface area (Å²) in [6.07, 6.45) is 8.62. The van der Waals surface area contributed by atoms with Crippen LogP contribution in [0, 0.1) is 23.7 Å². The first-order valence-corrected chi connectivity index (χ1v) is 9.77. The van der Waals surface area contributed by atoms with Crippen LogP contribution in [-0.4, -0.2) is 0 Å². The molecule has 0 unspecified atom stereocenters. The average Bonchev–Trinajstić information content (AvgIpc) is 2.61. The second-order valence-electron chi connectivity index (χ2n) is 6.14. The van der Waals surface area contributed by atoms with E-state index in [4.69, 9.17) is 23.2 Å². The maximum Gasteiger partial charge on any atom is 0.0641 e. The van der Waals surface area contributed by atoms with Gasteiger partial charge in [0.25, 0.3) is 0 Å². The standard InChI is InChI=1S/C23H24Cl2/c1-3-5-6-7-8-9-10-11-13-19-15-17-20-21(23(19)25)16-14-18(12-4-2)22(20)24/h14-17H,3,5-10H2,1-2H3. The molecule has 0 atom stereocenters. The topological polar surface area (TPSA) is 0 Å². The van der Waals surface area contributed by atoms with Gasteiger partial charge in [0.15, 0.2) is 0 Å². The Kier molecular flexibility index (Phi) is 8.21. The van der Waals surface area contributed by atoms with Crippen LogP contribution in [-0.2, 0) is 0 Å². The SMILES string of the molecule is CC#Cc1ccc2c(Cl)c(C#CCCCCCCCC)ccc2c1Cl. The lowest BCUT2D eigenvalue weighted by Gasteiger charge is -2.06. The minimum absolute atomic E-state index is 0.653. The zero-order chi connectivity index (χ0) is 18.1. The van der Waals surface area contributed by atoms with Crippen molar-refractivity contribution in [2.75, 3.05) is 0 Å². The van der Waals surface area contributed by atoms with E-state index in [9.17, 15) is 0 Å². The molecule has 0 aliphatic carbocycles. The molecule has 0 nitrogen and oxygen atoms in total. The summed E-state index contributed by atoms with van der Waals surface area (Å²) in [6.45, 7) is 4.04. The van der Waals surface area contributed by atoms with Crippen molar-refractivity contribution >= 4 is 34.0 Å². The third-order valence-corrected chi connectivity index (χ3v) is 5.02. The number of hydrogen-bond donors (Lipinski definition) is 0. The van der Waals surface area contributed by atoms with Gasteiger partial charge >= 0.3 is 0 Å². The Morgan fingerprint density at radius 3 is 1.92 bits per heavy atom. The zero-order valence-corrected chi connectivity index (χ0v) is 16.5. The molecule has 0 heterocycles. The number of rotatable bonds is 6. The number of benzene rings is 2. The fraction of sp³-hybridized carbons (Fsp3) is 0.391. The molecule has 2 heteroatoms. The smallest absolute Gasteiger partial charge is 0.0641 e. The highest BCUT2D eigenvalue weighted by Gasteiger charge is 2.09. The monoisotopic (exact) mass is 370 g/mol. The second kappa shape index (κ2) is 10.4. The van der Waals surface area contributed by atoms with Gasteiger partial charge in [-0.1, -0.05) is 92.1 Å². The first-order chi connectivity index (χ1) is 12.2. The largest absolute Gasteiger partial charge is 0.101 e. The van der Waals surface area contributed by atoms with Crippen LogP contribution in [0.1, 0.15) is 69.9 Å². The molecule has 2 aromatic rings. The second-order valence-corrected chi connectivity index (χ2v) is 6.90. The van der Waals surface area contributed by atoms with E-state index in [0.29, 0.717) is 10.0 Å². The van der Waals surface area contributed by atoms with Crippen molar-refractivity contribution < 1.29 is 0 Å². The normalized spacial score (nSPS) is 10.1. The van der Waals surface area contributed by atoms with Crippen LogP contribution in [0.4, 0.5) is 0 Å². The Morgan fingerprint density at radius 2 is 1.32 bits per heavy atom. The van der Waals surface area contributed by atoms with Gasteiger partial charge in [0.1, 0.15) is 0 Å². The van der Waals surface area contributed by atoms with Crippen molar-refractivity contribution in [3.8, 4) is 23.7 Å². The summed E-state index contributed by atoms with van der Waals surface area (Å²) in [5, 5.41) is 3.18. The van der Waals surface area contributed by atoms with Crippen molar-refractivity contribution in [3.05, 3.63) is 45.4 Å². The van der Waals surface area contributed by atoms with Gasteiger partial charge in [-0.25, -0.2) is 0 Å². The Labute approximate surface area is 161 Å². The summed E-state index contributed by atoms with van der Waals surface area (Å²) in [5.41, 5.74) is 1.69. The molecule has 0 aliphatic rings. The van der Waals surface area contributed by atoms with E-state index in [1.807, 2.05) is 24.3 Å². The van der Waals surface area contributed by atoms with E-state index in [-0.39, 0.29) is 0 Å². The lowest BCUT2D eigenvalue weighted by Crippen LogP contribution is -1.85. The Bertz CT molecular complexity index is 841. The molecular weight excluding hydrogens is 347 g/mol. The number of halogens is 2.